The molecule has 144 valence electrons. The number of benzene rings is 2. The summed E-state index contributed by atoms with van der Waals surface area (Å²) < 4.78 is 1.75. The normalized spacial score (nSPS) is 15.7. The third-order valence-electron chi connectivity index (χ3n) is 5.39. The number of carbonyl (C=O) groups excluding carboxylic acids is 1. The van der Waals surface area contributed by atoms with Crippen LogP contribution >= 0.6 is 11.3 Å². The van der Waals surface area contributed by atoms with Gasteiger partial charge in [-0.15, -0.1) is 11.3 Å². The maximum Gasteiger partial charge on any atom is 0.270 e. The zero-order valence-electron chi connectivity index (χ0n) is 15.9. The minimum atomic E-state index is -0.0918. The van der Waals surface area contributed by atoms with E-state index in [1.54, 1.807) is 16.0 Å². The first-order chi connectivity index (χ1) is 14.3. The highest BCUT2D eigenvalue weighted by Gasteiger charge is 2.24. The Balaban J connectivity index is 1.51. The van der Waals surface area contributed by atoms with E-state index < -0.39 is 0 Å². The number of nitrogens with zero attached hydrogens (tertiary/aromatic N) is 2. The summed E-state index contributed by atoms with van der Waals surface area (Å²) in [6.07, 6.45) is 3.12. The van der Waals surface area contributed by atoms with Crippen LogP contribution in [0.5, 0.6) is 0 Å². The quantitative estimate of drug-likeness (QED) is 0.499. The van der Waals surface area contributed by atoms with Gasteiger partial charge in [0.15, 0.2) is 0 Å². The van der Waals surface area contributed by atoms with E-state index in [4.69, 9.17) is 5.10 Å². The van der Waals surface area contributed by atoms with E-state index in [0.29, 0.717) is 5.69 Å². The molecule has 0 unspecified atom stereocenters. The second-order valence-corrected chi connectivity index (χ2v) is 8.20. The van der Waals surface area contributed by atoms with E-state index in [-0.39, 0.29) is 11.9 Å². The number of para-hydroxylation sites is 1. The number of aromatic nitrogens is 2. The highest BCUT2D eigenvalue weighted by atomic mass is 32.1. The maximum absolute atomic E-state index is 13.3. The molecule has 5 heteroatoms. The molecule has 4 aromatic rings. The summed E-state index contributed by atoms with van der Waals surface area (Å²) >= 11 is 1.62. The van der Waals surface area contributed by atoms with Crippen LogP contribution in [0.1, 0.15) is 40.5 Å². The number of carbonyl (C=O) groups is 1. The first-order valence-electron chi connectivity index (χ1n) is 9.87. The Morgan fingerprint density at radius 2 is 1.86 bits per heavy atom. The Hall–Kier alpha value is -3.18. The molecule has 1 atom stereocenters. The predicted molar refractivity (Wildman–Crippen MR) is 116 cm³/mol. The van der Waals surface area contributed by atoms with E-state index in [2.05, 4.69) is 23.5 Å². The molecule has 0 radical (unpaired) electrons. The Kier molecular flexibility index (Phi) is 4.74. The SMILES string of the molecule is O=C(N[C@H]1CCCc2ccccc21)c1cc(-c2cccs2)nn1-c1ccccc1. The average molecular weight is 400 g/mol. The lowest BCUT2D eigenvalue weighted by molar-refractivity contribution is 0.0925. The van der Waals surface area contributed by atoms with Crippen molar-refractivity contribution in [3.8, 4) is 16.3 Å². The van der Waals surface area contributed by atoms with Crippen LogP contribution in [-0.4, -0.2) is 15.7 Å². The molecule has 0 aliphatic heterocycles. The summed E-state index contributed by atoms with van der Waals surface area (Å²) in [6, 6.07) is 24.2. The zero-order valence-corrected chi connectivity index (χ0v) is 16.7. The van der Waals surface area contributed by atoms with Crippen molar-refractivity contribution in [2.45, 2.75) is 25.3 Å². The fourth-order valence-corrected chi connectivity index (χ4v) is 4.67. The van der Waals surface area contributed by atoms with Crippen LogP contribution in [0.15, 0.2) is 78.2 Å². The first kappa shape index (κ1) is 17.9. The van der Waals surface area contributed by atoms with E-state index in [9.17, 15) is 4.79 Å². The van der Waals surface area contributed by atoms with Crippen molar-refractivity contribution < 1.29 is 4.79 Å². The van der Waals surface area contributed by atoms with Gasteiger partial charge in [-0.1, -0.05) is 48.5 Å². The van der Waals surface area contributed by atoms with Gasteiger partial charge in [0.2, 0.25) is 0 Å². The summed E-state index contributed by atoms with van der Waals surface area (Å²) in [5.74, 6) is -0.0918. The van der Waals surface area contributed by atoms with Gasteiger partial charge in [0, 0.05) is 0 Å². The topological polar surface area (TPSA) is 46.9 Å². The van der Waals surface area contributed by atoms with E-state index in [1.165, 1.54) is 11.1 Å². The molecule has 1 aliphatic carbocycles. The van der Waals surface area contributed by atoms with Crippen LogP contribution in [0.25, 0.3) is 16.3 Å². The second-order valence-electron chi connectivity index (χ2n) is 7.26. The molecule has 1 aliphatic rings. The number of fused-ring (bicyclic) bond motifs is 1. The lowest BCUT2D eigenvalue weighted by Gasteiger charge is -2.26. The Bertz CT molecular complexity index is 1130. The van der Waals surface area contributed by atoms with Gasteiger partial charge in [0.05, 0.1) is 16.6 Å². The van der Waals surface area contributed by atoms with Gasteiger partial charge in [-0.25, -0.2) is 4.68 Å². The third-order valence-corrected chi connectivity index (χ3v) is 6.28. The molecule has 0 spiro atoms. The van der Waals surface area contributed by atoms with Crippen LogP contribution < -0.4 is 5.32 Å². The lowest BCUT2D eigenvalue weighted by Crippen LogP contribution is -2.32. The number of thiophene rings is 1. The summed E-state index contributed by atoms with van der Waals surface area (Å²) in [4.78, 5) is 14.4. The van der Waals surface area contributed by atoms with Crippen LogP contribution in [0, 0.1) is 0 Å². The number of hydrogen-bond donors (Lipinski definition) is 1. The van der Waals surface area contributed by atoms with Gasteiger partial charge in [-0.05, 0) is 60.0 Å². The Morgan fingerprint density at radius 3 is 2.69 bits per heavy atom. The van der Waals surface area contributed by atoms with Crippen molar-refractivity contribution >= 4 is 17.2 Å². The van der Waals surface area contributed by atoms with Crippen molar-refractivity contribution in [2.75, 3.05) is 0 Å². The van der Waals surface area contributed by atoms with Crippen molar-refractivity contribution in [1.82, 2.24) is 15.1 Å². The molecular formula is C24H21N3OS. The highest BCUT2D eigenvalue weighted by Crippen LogP contribution is 2.30. The lowest BCUT2D eigenvalue weighted by atomic mass is 9.87. The molecule has 0 fully saturated rings. The summed E-state index contributed by atoms with van der Waals surface area (Å²) in [7, 11) is 0. The van der Waals surface area contributed by atoms with Crippen LogP contribution in [0.2, 0.25) is 0 Å². The monoisotopic (exact) mass is 399 g/mol. The molecule has 5 rings (SSSR count). The Labute approximate surface area is 173 Å². The molecule has 0 bridgehead atoms. The van der Waals surface area contributed by atoms with E-state index in [0.717, 1.165) is 35.5 Å². The van der Waals surface area contributed by atoms with Gasteiger partial charge in [-0.3, -0.25) is 4.79 Å². The minimum Gasteiger partial charge on any atom is -0.344 e. The third kappa shape index (κ3) is 3.49. The average Bonchev–Trinajstić information content (AvgIpc) is 3.45. The van der Waals surface area contributed by atoms with Gasteiger partial charge >= 0.3 is 0 Å². The maximum atomic E-state index is 13.3. The van der Waals surface area contributed by atoms with E-state index in [1.807, 2.05) is 60.0 Å². The van der Waals surface area contributed by atoms with Crippen LogP contribution in [0.3, 0.4) is 0 Å². The van der Waals surface area contributed by atoms with Gasteiger partial charge in [0.25, 0.3) is 5.91 Å². The zero-order chi connectivity index (χ0) is 19.6. The fourth-order valence-electron chi connectivity index (χ4n) is 3.99. The molecule has 2 aromatic carbocycles. The predicted octanol–water partition coefficient (Wildman–Crippen LogP) is 5.41. The molecule has 1 N–H and O–H groups in total. The molecular weight excluding hydrogens is 378 g/mol. The van der Waals surface area contributed by atoms with Crippen molar-refractivity contribution in [2.24, 2.45) is 0 Å². The number of rotatable bonds is 4. The van der Waals surface area contributed by atoms with Gasteiger partial charge in [-0.2, -0.15) is 5.10 Å². The summed E-state index contributed by atoms with van der Waals surface area (Å²) in [5.41, 5.74) is 4.82. The van der Waals surface area contributed by atoms with Gasteiger partial charge in [0.1, 0.15) is 11.4 Å². The number of hydrogen-bond acceptors (Lipinski definition) is 3. The van der Waals surface area contributed by atoms with Crippen LogP contribution in [0.4, 0.5) is 0 Å². The first-order valence-corrected chi connectivity index (χ1v) is 10.8. The molecule has 2 aromatic heterocycles. The summed E-state index contributed by atoms with van der Waals surface area (Å²) in [6.45, 7) is 0. The molecule has 29 heavy (non-hydrogen) atoms. The minimum absolute atomic E-state index is 0.0387. The second kappa shape index (κ2) is 7.68. The summed E-state index contributed by atoms with van der Waals surface area (Å²) in [5, 5.41) is 10.0. The van der Waals surface area contributed by atoms with Crippen molar-refractivity contribution in [3.63, 3.8) is 0 Å². The van der Waals surface area contributed by atoms with Crippen molar-refractivity contribution in [3.05, 3.63) is 95.0 Å². The van der Waals surface area contributed by atoms with Gasteiger partial charge < -0.3 is 5.32 Å². The fraction of sp³-hybridized carbons (Fsp3) is 0.167. The number of nitrogens with one attached hydrogen (secondary N) is 1. The number of aryl methyl sites for hydroxylation is 1. The molecule has 4 nitrogen and oxygen atoms in total. The molecule has 0 saturated heterocycles. The van der Waals surface area contributed by atoms with Crippen molar-refractivity contribution in [1.29, 1.82) is 0 Å². The smallest absolute Gasteiger partial charge is 0.270 e. The molecule has 1 amide bonds. The van der Waals surface area contributed by atoms with E-state index >= 15 is 0 Å². The Morgan fingerprint density at radius 1 is 1.03 bits per heavy atom. The largest absolute Gasteiger partial charge is 0.344 e. The van der Waals surface area contributed by atoms with Crippen LogP contribution in [-0.2, 0) is 6.42 Å². The number of amides is 1. The molecule has 2 heterocycles. The highest BCUT2D eigenvalue weighted by molar-refractivity contribution is 7.13. The standard InChI is InChI=1S/C24H21N3OS/c28-24(25-20-13-6-9-17-8-4-5-12-19(17)20)22-16-21(23-14-7-15-29-23)26-27(22)18-10-2-1-3-11-18/h1-5,7-8,10-12,14-16,20H,6,9,13H2,(H,25,28)/t20-/m0/s1. The molecule has 0 saturated carbocycles.